The number of nitrogens with one attached hydrogen (secondary N) is 2. The molecule has 0 saturated carbocycles. The molecule has 144 valence electrons. The predicted octanol–water partition coefficient (Wildman–Crippen LogP) is 5.76. The highest BCUT2D eigenvalue weighted by atomic mass is 35.5. The van der Waals surface area contributed by atoms with Crippen LogP contribution >= 0.6 is 22.9 Å². The van der Waals surface area contributed by atoms with Crippen LogP contribution in [-0.4, -0.2) is 16.8 Å². The van der Waals surface area contributed by atoms with Crippen molar-refractivity contribution in [3.63, 3.8) is 0 Å². The van der Waals surface area contributed by atoms with Gasteiger partial charge in [0.1, 0.15) is 0 Å². The van der Waals surface area contributed by atoms with E-state index in [0.29, 0.717) is 26.2 Å². The van der Waals surface area contributed by atoms with E-state index >= 15 is 0 Å². The summed E-state index contributed by atoms with van der Waals surface area (Å²) in [6.07, 6.45) is 1.63. The van der Waals surface area contributed by atoms with Gasteiger partial charge in [-0.25, -0.2) is 0 Å². The summed E-state index contributed by atoms with van der Waals surface area (Å²) in [6.45, 7) is 1.83. The number of para-hydroxylation sites is 1. The Bertz CT molecular complexity index is 1240. The van der Waals surface area contributed by atoms with Gasteiger partial charge in [0.2, 0.25) is 0 Å². The summed E-state index contributed by atoms with van der Waals surface area (Å²) >= 11 is 7.29. The summed E-state index contributed by atoms with van der Waals surface area (Å²) in [5, 5.41) is 7.58. The summed E-state index contributed by atoms with van der Waals surface area (Å²) in [5.74, 6) is -0.564. The number of carbonyl (C=O) groups excluding carboxylic acids is 2. The van der Waals surface area contributed by atoms with Crippen molar-refractivity contribution in [2.45, 2.75) is 6.92 Å². The van der Waals surface area contributed by atoms with E-state index in [1.807, 2.05) is 37.3 Å². The topological polar surface area (TPSA) is 71.1 Å². The maximum absolute atomic E-state index is 12.7. The van der Waals surface area contributed by atoms with Crippen LogP contribution in [0.3, 0.4) is 0 Å². The first-order valence-corrected chi connectivity index (χ1v) is 10.0. The summed E-state index contributed by atoms with van der Waals surface area (Å²) in [6, 6.07) is 18.2. The van der Waals surface area contributed by atoms with Crippen LogP contribution in [-0.2, 0) is 0 Å². The van der Waals surface area contributed by atoms with Gasteiger partial charge >= 0.3 is 0 Å². The Morgan fingerprint density at radius 1 is 0.966 bits per heavy atom. The van der Waals surface area contributed by atoms with Crippen LogP contribution < -0.4 is 10.6 Å². The minimum Gasteiger partial charge on any atom is -0.320 e. The lowest BCUT2D eigenvalue weighted by Gasteiger charge is -2.06. The molecule has 0 atom stereocenters. The second kappa shape index (κ2) is 8.03. The maximum Gasteiger partial charge on any atom is 0.266 e. The number of hydrogen-bond acceptors (Lipinski definition) is 4. The number of thiophene rings is 1. The number of hydrogen-bond donors (Lipinski definition) is 2. The van der Waals surface area contributed by atoms with Crippen molar-refractivity contribution in [2.75, 3.05) is 10.6 Å². The molecule has 0 saturated heterocycles. The highest BCUT2D eigenvalue weighted by molar-refractivity contribution is 7.18. The predicted molar refractivity (Wildman–Crippen MR) is 118 cm³/mol. The molecule has 4 aromatic rings. The van der Waals surface area contributed by atoms with Crippen LogP contribution in [0.4, 0.5) is 10.7 Å². The molecule has 0 radical (unpaired) electrons. The zero-order valence-corrected chi connectivity index (χ0v) is 17.0. The van der Waals surface area contributed by atoms with Crippen LogP contribution in [0.5, 0.6) is 0 Å². The lowest BCUT2D eigenvalue weighted by Crippen LogP contribution is -2.12. The minimum atomic E-state index is -0.317. The maximum atomic E-state index is 12.7. The number of carbonyl (C=O) groups is 2. The Balaban J connectivity index is 1.51. The molecule has 4 rings (SSSR count). The second-order valence-electron chi connectivity index (χ2n) is 6.43. The van der Waals surface area contributed by atoms with Crippen LogP contribution in [0.1, 0.15) is 25.6 Å². The van der Waals surface area contributed by atoms with E-state index in [1.54, 1.807) is 36.5 Å². The largest absolute Gasteiger partial charge is 0.320 e. The zero-order valence-electron chi connectivity index (χ0n) is 15.4. The number of amides is 2. The Hall–Kier alpha value is -3.22. The van der Waals surface area contributed by atoms with Gasteiger partial charge < -0.3 is 10.6 Å². The van der Waals surface area contributed by atoms with Crippen molar-refractivity contribution in [1.29, 1.82) is 0 Å². The average molecular weight is 422 g/mol. The fraction of sp³-hybridized carbons (Fsp3) is 0.0455. The summed E-state index contributed by atoms with van der Waals surface area (Å²) in [5.41, 5.74) is 2.63. The monoisotopic (exact) mass is 421 g/mol. The van der Waals surface area contributed by atoms with Crippen LogP contribution in [0.2, 0.25) is 5.02 Å². The highest BCUT2D eigenvalue weighted by Gasteiger charge is 2.17. The third kappa shape index (κ3) is 4.13. The van der Waals surface area contributed by atoms with Gasteiger partial charge in [-0.3, -0.25) is 14.6 Å². The molecule has 0 aliphatic carbocycles. The number of rotatable bonds is 4. The first kappa shape index (κ1) is 19.1. The number of pyridine rings is 1. The van der Waals surface area contributed by atoms with Crippen molar-refractivity contribution in [1.82, 2.24) is 4.98 Å². The lowest BCUT2D eigenvalue weighted by atomic mass is 10.2. The second-order valence-corrected chi connectivity index (χ2v) is 7.89. The molecule has 0 bridgehead atoms. The molecule has 0 aliphatic rings. The number of fused-ring (bicyclic) bond motifs is 1. The highest BCUT2D eigenvalue weighted by Crippen LogP contribution is 2.29. The molecule has 5 nitrogen and oxygen atoms in total. The molecule has 0 unspecified atom stereocenters. The molecule has 2 aromatic carbocycles. The van der Waals surface area contributed by atoms with E-state index in [-0.39, 0.29) is 11.8 Å². The SMILES string of the molecule is Cc1cc(NC(=O)c2ccccc2Cl)sc1C(=O)Nc1cnc2ccccc2c1. The number of aryl methyl sites for hydroxylation is 1. The van der Waals surface area contributed by atoms with E-state index < -0.39 is 0 Å². The Morgan fingerprint density at radius 3 is 2.55 bits per heavy atom. The number of aromatic nitrogens is 1. The van der Waals surface area contributed by atoms with Gasteiger partial charge in [-0.05, 0) is 42.8 Å². The molecule has 0 aliphatic heterocycles. The lowest BCUT2D eigenvalue weighted by molar-refractivity contribution is 0.102. The third-order valence-electron chi connectivity index (χ3n) is 4.33. The zero-order chi connectivity index (χ0) is 20.4. The fourth-order valence-corrected chi connectivity index (χ4v) is 4.11. The van der Waals surface area contributed by atoms with Gasteiger partial charge in [-0.2, -0.15) is 0 Å². The molecule has 7 heteroatoms. The quantitative estimate of drug-likeness (QED) is 0.440. The van der Waals surface area contributed by atoms with Gasteiger partial charge in [0.25, 0.3) is 11.8 Å². The third-order valence-corrected chi connectivity index (χ3v) is 5.81. The van der Waals surface area contributed by atoms with Crippen molar-refractivity contribution in [3.8, 4) is 0 Å². The van der Waals surface area contributed by atoms with E-state index in [2.05, 4.69) is 15.6 Å². The number of benzene rings is 2. The Morgan fingerprint density at radius 2 is 1.72 bits per heavy atom. The van der Waals surface area contributed by atoms with E-state index in [9.17, 15) is 9.59 Å². The number of halogens is 1. The smallest absolute Gasteiger partial charge is 0.266 e. The first-order valence-electron chi connectivity index (χ1n) is 8.84. The van der Waals surface area contributed by atoms with Crippen molar-refractivity contribution < 1.29 is 9.59 Å². The van der Waals surface area contributed by atoms with Crippen molar-refractivity contribution in [2.24, 2.45) is 0 Å². The molecular weight excluding hydrogens is 406 g/mol. The fourth-order valence-electron chi connectivity index (χ4n) is 2.92. The van der Waals surface area contributed by atoms with Gasteiger partial charge in [0, 0.05) is 5.39 Å². The van der Waals surface area contributed by atoms with Gasteiger partial charge in [-0.15, -0.1) is 11.3 Å². The Labute approximate surface area is 176 Å². The van der Waals surface area contributed by atoms with Crippen LogP contribution in [0.15, 0.2) is 66.9 Å². The molecular formula is C22H16ClN3O2S. The van der Waals surface area contributed by atoms with Crippen LogP contribution in [0.25, 0.3) is 10.9 Å². The molecule has 0 spiro atoms. The summed E-state index contributed by atoms with van der Waals surface area (Å²) in [4.78, 5) is 30.1. The van der Waals surface area contributed by atoms with Crippen molar-refractivity contribution in [3.05, 3.63) is 87.9 Å². The normalized spacial score (nSPS) is 10.7. The van der Waals surface area contributed by atoms with Crippen LogP contribution in [0, 0.1) is 6.92 Å². The van der Waals surface area contributed by atoms with E-state index in [0.717, 1.165) is 16.5 Å². The summed E-state index contributed by atoms with van der Waals surface area (Å²) < 4.78 is 0. The molecule has 29 heavy (non-hydrogen) atoms. The number of nitrogens with zero attached hydrogens (tertiary/aromatic N) is 1. The molecule has 0 fully saturated rings. The van der Waals surface area contributed by atoms with Gasteiger partial charge in [0.15, 0.2) is 0 Å². The van der Waals surface area contributed by atoms with E-state index in [1.165, 1.54) is 11.3 Å². The molecule has 2 aromatic heterocycles. The summed E-state index contributed by atoms with van der Waals surface area (Å²) in [7, 11) is 0. The average Bonchev–Trinajstić information content (AvgIpc) is 3.08. The minimum absolute atomic E-state index is 0.247. The van der Waals surface area contributed by atoms with Crippen molar-refractivity contribution >= 4 is 56.3 Å². The molecule has 2 amide bonds. The standard InChI is InChI=1S/C22H16ClN3O2S/c1-13-10-19(26-21(27)16-7-3-4-8-17(16)23)29-20(13)22(28)25-15-11-14-6-2-5-9-18(14)24-12-15/h2-12H,1H3,(H,25,28)(H,26,27). The van der Waals surface area contributed by atoms with E-state index in [4.69, 9.17) is 11.6 Å². The first-order chi connectivity index (χ1) is 14.0. The van der Waals surface area contributed by atoms with Gasteiger partial charge in [-0.1, -0.05) is 41.9 Å². The molecule has 2 N–H and O–H groups in total. The Kier molecular flexibility index (Phi) is 5.29. The number of anilines is 2. The van der Waals surface area contributed by atoms with Gasteiger partial charge in [0.05, 0.1) is 37.9 Å². The molecule has 2 heterocycles.